The number of Topliss-reactive ketones (excluding diaryl/α,β-unsaturated/α-hetero) is 1. The van der Waals surface area contributed by atoms with E-state index in [1.54, 1.807) is 0 Å². The fourth-order valence-electron chi connectivity index (χ4n) is 1.07. The molecule has 0 aromatic rings. The summed E-state index contributed by atoms with van der Waals surface area (Å²) in [5.74, 6) is 3.12. The summed E-state index contributed by atoms with van der Waals surface area (Å²) >= 11 is 1.89. The zero-order valence-corrected chi connectivity index (χ0v) is 6.70. The maximum absolute atomic E-state index is 11.1. The van der Waals surface area contributed by atoms with Gasteiger partial charge >= 0.3 is 0 Å². The van der Waals surface area contributed by atoms with Crippen molar-refractivity contribution in [2.24, 2.45) is 11.8 Å². The normalized spacial score (nSPS) is 36.9. The lowest BCUT2D eigenvalue weighted by Crippen LogP contribution is -2.27. The first kappa shape index (κ1) is 7.13. The molecule has 2 atom stereocenters. The maximum Gasteiger partial charge on any atom is 0.140 e. The third kappa shape index (κ3) is 1.48. The highest BCUT2D eigenvalue weighted by Crippen LogP contribution is 2.23. The minimum Gasteiger partial charge on any atom is -0.299 e. The number of ketones is 1. The second-order valence-corrected chi connectivity index (χ2v) is 3.82. The van der Waals surface area contributed by atoms with E-state index < -0.39 is 0 Å². The number of hydrogen-bond donors (Lipinski definition) is 0. The van der Waals surface area contributed by atoms with Gasteiger partial charge in [0, 0.05) is 23.3 Å². The highest BCUT2D eigenvalue weighted by atomic mass is 32.2. The molecule has 0 N–H and O–H groups in total. The average molecular weight is 144 g/mol. The van der Waals surface area contributed by atoms with Crippen molar-refractivity contribution in [3.8, 4) is 0 Å². The van der Waals surface area contributed by atoms with Gasteiger partial charge in [0.05, 0.1) is 0 Å². The summed E-state index contributed by atoms with van der Waals surface area (Å²) in [6.45, 7) is 4.04. The van der Waals surface area contributed by atoms with Crippen LogP contribution in [0.15, 0.2) is 0 Å². The van der Waals surface area contributed by atoms with E-state index >= 15 is 0 Å². The standard InChI is InChI=1S/C7H12OS/c1-5-3-9-4-6(2)7(5)8/h5-6H,3-4H2,1-2H3. The van der Waals surface area contributed by atoms with E-state index in [9.17, 15) is 4.79 Å². The largest absolute Gasteiger partial charge is 0.299 e. The lowest BCUT2D eigenvalue weighted by molar-refractivity contribution is -0.124. The maximum atomic E-state index is 11.1. The van der Waals surface area contributed by atoms with Crippen LogP contribution in [0.25, 0.3) is 0 Å². The number of hydrogen-bond acceptors (Lipinski definition) is 2. The molecular formula is C7H12OS. The molecule has 1 saturated heterocycles. The molecule has 0 aromatic carbocycles. The van der Waals surface area contributed by atoms with Crippen LogP contribution in [0.1, 0.15) is 13.8 Å². The van der Waals surface area contributed by atoms with E-state index in [1.807, 2.05) is 25.6 Å². The SMILES string of the molecule is CC1CSCC(C)C1=O. The molecule has 0 aliphatic carbocycles. The minimum atomic E-state index is 0.304. The number of thioether (sulfide) groups is 1. The van der Waals surface area contributed by atoms with Crippen LogP contribution in [-0.4, -0.2) is 17.3 Å². The Morgan fingerprint density at radius 3 is 2.11 bits per heavy atom. The smallest absolute Gasteiger partial charge is 0.140 e. The minimum absolute atomic E-state index is 0.304. The molecule has 52 valence electrons. The first-order valence-corrected chi connectivity index (χ1v) is 4.48. The van der Waals surface area contributed by atoms with Crippen molar-refractivity contribution in [3.63, 3.8) is 0 Å². The first-order chi connectivity index (χ1) is 4.22. The molecule has 9 heavy (non-hydrogen) atoms. The van der Waals surface area contributed by atoms with Crippen molar-refractivity contribution >= 4 is 17.5 Å². The Labute approximate surface area is 60.2 Å². The Balaban J connectivity index is 2.52. The van der Waals surface area contributed by atoms with E-state index in [-0.39, 0.29) is 0 Å². The summed E-state index contributed by atoms with van der Waals surface area (Å²) in [5.41, 5.74) is 0. The summed E-state index contributed by atoms with van der Waals surface area (Å²) in [6, 6.07) is 0. The molecular weight excluding hydrogens is 132 g/mol. The molecule has 0 saturated carbocycles. The monoisotopic (exact) mass is 144 g/mol. The Morgan fingerprint density at radius 2 is 1.78 bits per heavy atom. The summed E-state index contributed by atoms with van der Waals surface area (Å²) in [4.78, 5) is 11.1. The van der Waals surface area contributed by atoms with E-state index in [1.165, 1.54) is 0 Å². The highest BCUT2D eigenvalue weighted by Gasteiger charge is 2.24. The second kappa shape index (κ2) is 2.74. The predicted molar refractivity (Wildman–Crippen MR) is 40.7 cm³/mol. The van der Waals surface area contributed by atoms with Gasteiger partial charge in [0.25, 0.3) is 0 Å². The summed E-state index contributed by atoms with van der Waals surface area (Å²) in [5, 5.41) is 0. The Hall–Kier alpha value is 0.0200. The molecule has 1 nitrogen and oxygen atoms in total. The number of rotatable bonds is 0. The first-order valence-electron chi connectivity index (χ1n) is 3.33. The van der Waals surface area contributed by atoms with Gasteiger partial charge in [-0.05, 0) is 0 Å². The third-order valence-corrected chi connectivity index (χ3v) is 3.18. The molecule has 1 aliphatic heterocycles. The van der Waals surface area contributed by atoms with E-state index in [4.69, 9.17) is 0 Å². The molecule has 1 fully saturated rings. The molecule has 1 rings (SSSR count). The fraction of sp³-hybridized carbons (Fsp3) is 0.857. The summed E-state index contributed by atoms with van der Waals surface area (Å²) < 4.78 is 0. The van der Waals surface area contributed by atoms with Gasteiger partial charge < -0.3 is 0 Å². The van der Waals surface area contributed by atoms with Crippen LogP contribution >= 0.6 is 11.8 Å². The van der Waals surface area contributed by atoms with Crippen LogP contribution in [0.3, 0.4) is 0 Å². The van der Waals surface area contributed by atoms with Crippen LogP contribution in [0.4, 0.5) is 0 Å². The molecule has 0 aromatic heterocycles. The van der Waals surface area contributed by atoms with Gasteiger partial charge in [0.2, 0.25) is 0 Å². The van der Waals surface area contributed by atoms with Crippen LogP contribution in [0.5, 0.6) is 0 Å². The van der Waals surface area contributed by atoms with Crippen molar-refractivity contribution in [1.29, 1.82) is 0 Å². The van der Waals surface area contributed by atoms with E-state index in [0.29, 0.717) is 17.6 Å². The lowest BCUT2D eigenvalue weighted by Gasteiger charge is -2.21. The highest BCUT2D eigenvalue weighted by molar-refractivity contribution is 7.99. The van der Waals surface area contributed by atoms with Crippen LogP contribution < -0.4 is 0 Å². The van der Waals surface area contributed by atoms with Gasteiger partial charge in [-0.3, -0.25) is 4.79 Å². The van der Waals surface area contributed by atoms with Crippen molar-refractivity contribution < 1.29 is 4.79 Å². The number of carbonyl (C=O) groups excluding carboxylic acids is 1. The Morgan fingerprint density at radius 1 is 1.33 bits per heavy atom. The topological polar surface area (TPSA) is 17.1 Å². The number of carbonyl (C=O) groups is 1. The van der Waals surface area contributed by atoms with Gasteiger partial charge in [-0.25, -0.2) is 0 Å². The van der Waals surface area contributed by atoms with Crippen molar-refractivity contribution in [3.05, 3.63) is 0 Å². The Bertz CT molecular complexity index is 110. The molecule has 2 heteroatoms. The van der Waals surface area contributed by atoms with Crippen molar-refractivity contribution in [2.75, 3.05) is 11.5 Å². The van der Waals surface area contributed by atoms with Crippen LogP contribution in [-0.2, 0) is 4.79 Å². The van der Waals surface area contributed by atoms with Gasteiger partial charge in [-0.15, -0.1) is 0 Å². The van der Waals surface area contributed by atoms with Crippen LogP contribution in [0, 0.1) is 11.8 Å². The summed E-state index contributed by atoms with van der Waals surface area (Å²) in [6.07, 6.45) is 0. The van der Waals surface area contributed by atoms with Gasteiger partial charge in [0.15, 0.2) is 0 Å². The van der Waals surface area contributed by atoms with Gasteiger partial charge in [0.1, 0.15) is 5.78 Å². The quantitative estimate of drug-likeness (QED) is 0.513. The molecule has 2 unspecified atom stereocenters. The van der Waals surface area contributed by atoms with Gasteiger partial charge in [-0.2, -0.15) is 11.8 Å². The lowest BCUT2D eigenvalue weighted by atomic mass is 9.98. The molecule has 0 spiro atoms. The molecule has 1 aliphatic rings. The van der Waals surface area contributed by atoms with Crippen molar-refractivity contribution in [1.82, 2.24) is 0 Å². The molecule has 0 radical (unpaired) electrons. The van der Waals surface area contributed by atoms with Crippen molar-refractivity contribution in [2.45, 2.75) is 13.8 Å². The Kier molecular flexibility index (Phi) is 2.17. The fourth-order valence-corrected chi connectivity index (χ4v) is 2.24. The van der Waals surface area contributed by atoms with Crippen LogP contribution in [0.2, 0.25) is 0 Å². The predicted octanol–water partition coefficient (Wildman–Crippen LogP) is 1.57. The summed E-state index contributed by atoms with van der Waals surface area (Å²) in [7, 11) is 0. The molecule has 0 bridgehead atoms. The van der Waals surface area contributed by atoms with E-state index in [2.05, 4.69) is 0 Å². The van der Waals surface area contributed by atoms with E-state index in [0.717, 1.165) is 11.5 Å². The second-order valence-electron chi connectivity index (χ2n) is 2.74. The zero-order valence-electron chi connectivity index (χ0n) is 5.89. The van der Waals surface area contributed by atoms with Gasteiger partial charge in [-0.1, -0.05) is 13.8 Å². The zero-order chi connectivity index (χ0) is 6.85. The average Bonchev–Trinajstić information content (AvgIpc) is 1.83. The molecule has 0 amide bonds. The third-order valence-electron chi connectivity index (χ3n) is 1.71. The molecule has 1 heterocycles.